The molecule has 0 aliphatic carbocycles. The summed E-state index contributed by atoms with van der Waals surface area (Å²) in [7, 11) is 0. The molecule has 2 unspecified atom stereocenters. The largest absolute Gasteiger partial charge is 0.325 e. The van der Waals surface area contributed by atoms with Crippen LogP contribution in [0.15, 0.2) is 82.6 Å². The van der Waals surface area contributed by atoms with Crippen molar-refractivity contribution in [3.63, 3.8) is 0 Å². The monoisotopic (exact) mass is 597 g/mol. The van der Waals surface area contributed by atoms with E-state index in [9.17, 15) is 28.0 Å². The number of aromatic nitrogens is 1. The van der Waals surface area contributed by atoms with Gasteiger partial charge in [0.2, 0.25) is 17.7 Å². The van der Waals surface area contributed by atoms with Crippen LogP contribution in [0.25, 0.3) is 0 Å². The maximum absolute atomic E-state index is 13.8. The fourth-order valence-electron chi connectivity index (χ4n) is 5.01. The van der Waals surface area contributed by atoms with Gasteiger partial charge < -0.3 is 5.32 Å². The molecule has 1 aromatic heterocycles. The molecule has 3 aromatic carbocycles. The molecular weight excluding hydrogens is 580 g/mol. The van der Waals surface area contributed by atoms with Crippen LogP contribution in [-0.4, -0.2) is 27.5 Å². The van der Waals surface area contributed by atoms with Gasteiger partial charge in [0, 0.05) is 21.5 Å². The Hall–Kier alpha value is -3.80. The first-order chi connectivity index (χ1) is 19.2. The molecule has 6 rings (SSSR count). The Morgan fingerprint density at radius 1 is 0.875 bits per heavy atom. The lowest BCUT2D eigenvalue weighted by atomic mass is 9.83. The number of anilines is 2. The van der Waals surface area contributed by atoms with Crippen LogP contribution in [0.2, 0.25) is 5.02 Å². The molecular formula is C28H18ClF2N3O4S2. The van der Waals surface area contributed by atoms with Gasteiger partial charge in [-0.1, -0.05) is 46.8 Å². The van der Waals surface area contributed by atoms with Gasteiger partial charge in [-0.15, -0.1) is 0 Å². The first-order valence-corrected chi connectivity index (χ1v) is 14.1. The van der Waals surface area contributed by atoms with E-state index < -0.39 is 51.3 Å². The second-order valence-electron chi connectivity index (χ2n) is 9.26. The van der Waals surface area contributed by atoms with Gasteiger partial charge in [0.1, 0.15) is 23.4 Å². The molecule has 3 atom stereocenters. The van der Waals surface area contributed by atoms with Crippen LogP contribution in [0.4, 0.5) is 20.2 Å². The van der Waals surface area contributed by atoms with Crippen molar-refractivity contribution in [1.82, 2.24) is 4.57 Å². The van der Waals surface area contributed by atoms with E-state index in [-0.39, 0.29) is 6.54 Å². The zero-order chi connectivity index (χ0) is 28.1. The molecule has 0 radical (unpaired) electrons. The summed E-state index contributed by atoms with van der Waals surface area (Å²) in [5.74, 6) is -3.91. The summed E-state index contributed by atoms with van der Waals surface area (Å²) in [5, 5.41) is 2.60. The number of thiazole rings is 1. The van der Waals surface area contributed by atoms with E-state index in [2.05, 4.69) is 5.32 Å². The SMILES string of the molecule is O=C(Cn1c2c(sc1=O)[C@@H](c1ccc(F)cc1)C1C(=O)N(c3ccc(Cl)cc3)C(=O)C1S2)Nc1ccc(F)cc1. The van der Waals surface area contributed by atoms with E-state index in [4.69, 9.17) is 11.6 Å². The first kappa shape index (κ1) is 26.4. The van der Waals surface area contributed by atoms with Gasteiger partial charge >= 0.3 is 4.87 Å². The molecule has 40 heavy (non-hydrogen) atoms. The number of carbonyl (C=O) groups excluding carboxylic acids is 3. The van der Waals surface area contributed by atoms with Crippen molar-refractivity contribution in [2.24, 2.45) is 5.92 Å². The van der Waals surface area contributed by atoms with Crippen molar-refractivity contribution in [3.05, 3.63) is 110 Å². The fraction of sp³-hybridized carbons (Fsp3) is 0.143. The highest BCUT2D eigenvalue weighted by Gasteiger charge is 2.56. The number of hydrogen-bond acceptors (Lipinski definition) is 6. The van der Waals surface area contributed by atoms with Crippen LogP contribution in [0, 0.1) is 17.6 Å². The van der Waals surface area contributed by atoms with Gasteiger partial charge in [0.05, 0.1) is 16.6 Å². The minimum absolute atomic E-state index is 0.356. The van der Waals surface area contributed by atoms with E-state index in [1.54, 1.807) is 24.3 Å². The minimum atomic E-state index is -0.883. The molecule has 0 bridgehead atoms. The maximum Gasteiger partial charge on any atom is 0.308 e. The van der Waals surface area contributed by atoms with Crippen molar-refractivity contribution < 1.29 is 23.2 Å². The summed E-state index contributed by atoms with van der Waals surface area (Å²) >= 11 is 7.96. The average Bonchev–Trinajstić information content (AvgIpc) is 3.37. The first-order valence-electron chi connectivity index (χ1n) is 12.1. The topological polar surface area (TPSA) is 88.5 Å². The number of fused-ring (bicyclic) bond motifs is 2. The van der Waals surface area contributed by atoms with Gasteiger partial charge in [-0.25, -0.2) is 13.7 Å². The highest BCUT2D eigenvalue weighted by Crippen LogP contribution is 2.53. The number of thioether (sulfide) groups is 1. The Balaban J connectivity index is 1.40. The van der Waals surface area contributed by atoms with Crippen LogP contribution in [0.1, 0.15) is 16.4 Å². The summed E-state index contributed by atoms with van der Waals surface area (Å²) in [6, 6.07) is 17.1. The average molecular weight is 598 g/mol. The number of hydrogen-bond donors (Lipinski definition) is 1. The third kappa shape index (κ3) is 4.63. The van der Waals surface area contributed by atoms with Crippen molar-refractivity contribution in [2.75, 3.05) is 10.2 Å². The van der Waals surface area contributed by atoms with Crippen molar-refractivity contribution in [3.8, 4) is 0 Å². The third-order valence-corrected chi connectivity index (χ3v) is 9.65. The normalized spacial score (nSPS) is 19.9. The Kier molecular flexibility index (Phi) is 6.81. The quantitative estimate of drug-likeness (QED) is 0.317. The van der Waals surface area contributed by atoms with Gasteiger partial charge in [0.25, 0.3) is 0 Å². The Labute approximate surface area is 239 Å². The number of halogens is 3. The zero-order valence-corrected chi connectivity index (χ0v) is 22.7. The maximum atomic E-state index is 13.8. The molecule has 0 saturated carbocycles. The Morgan fingerprint density at radius 3 is 2.15 bits per heavy atom. The van der Waals surface area contributed by atoms with Crippen LogP contribution in [0.5, 0.6) is 0 Å². The molecule has 7 nitrogen and oxygen atoms in total. The number of nitrogens with one attached hydrogen (secondary N) is 1. The number of rotatable bonds is 5. The number of amides is 3. The second-order valence-corrected chi connectivity index (χ2v) is 11.8. The van der Waals surface area contributed by atoms with Crippen molar-refractivity contribution in [1.29, 1.82) is 0 Å². The summed E-state index contributed by atoms with van der Waals surface area (Å²) in [5.41, 5.74) is 1.29. The summed E-state index contributed by atoms with van der Waals surface area (Å²) in [6.07, 6.45) is 0. The smallest absolute Gasteiger partial charge is 0.308 e. The standard InChI is InChI=1S/C28H18ClF2N3O4S2/c29-15-3-11-19(12-4-15)34-25(36)22-21(14-1-5-16(30)6-2-14)24-27(39-23(22)26(34)37)33(28(38)40-24)13-20(35)32-18-9-7-17(31)8-10-18/h1-12,21-23H,13H2,(H,32,35)/t21-,22?,23?/m0/s1. The van der Waals surface area contributed by atoms with Gasteiger partial charge in [-0.3, -0.25) is 23.7 Å². The molecule has 12 heteroatoms. The fourth-order valence-corrected chi connectivity index (χ4v) is 7.91. The molecule has 4 aromatic rings. The molecule has 0 spiro atoms. The molecule has 3 amide bonds. The van der Waals surface area contributed by atoms with Crippen LogP contribution < -0.4 is 15.1 Å². The Bertz CT molecular complexity index is 1710. The zero-order valence-electron chi connectivity index (χ0n) is 20.3. The van der Waals surface area contributed by atoms with Gasteiger partial charge in [-0.05, 0) is 66.2 Å². The number of imide groups is 1. The lowest BCUT2D eigenvalue weighted by Crippen LogP contribution is -2.33. The van der Waals surface area contributed by atoms with E-state index in [0.29, 0.717) is 31.9 Å². The van der Waals surface area contributed by atoms with Crippen LogP contribution in [0.3, 0.4) is 0 Å². The molecule has 202 valence electrons. The third-order valence-electron chi connectivity index (χ3n) is 6.79. The predicted molar refractivity (Wildman–Crippen MR) is 149 cm³/mol. The van der Waals surface area contributed by atoms with E-state index in [1.165, 1.54) is 53.1 Å². The molecule has 1 N–H and O–H groups in total. The van der Waals surface area contributed by atoms with Crippen LogP contribution in [-0.2, 0) is 20.9 Å². The summed E-state index contributed by atoms with van der Waals surface area (Å²) < 4.78 is 28.3. The highest BCUT2D eigenvalue weighted by atomic mass is 35.5. The molecule has 1 fully saturated rings. The second kappa shape index (κ2) is 10.3. The highest BCUT2D eigenvalue weighted by molar-refractivity contribution is 8.00. The van der Waals surface area contributed by atoms with Crippen molar-refractivity contribution >= 4 is 63.8 Å². The molecule has 2 aliphatic heterocycles. The Morgan fingerprint density at radius 2 is 1.50 bits per heavy atom. The van der Waals surface area contributed by atoms with Crippen molar-refractivity contribution in [2.45, 2.75) is 22.7 Å². The predicted octanol–water partition coefficient (Wildman–Crippen LogP) is 5.28. The van der Waals surface area contributed by atoms with E-state index in [1.807, 2.05) is 0 Å². The lowest BCUT2D eigenvalue weighted by Gasteiger charge is -2.30. The minimum Gasteiger partial charge on any atom is -0.325 e. The summed E-state index contributed by atoms with van der Waals surface area (Å²) in [4.78, 5) is 54.7. The molecule has 3 heterocycles. The molecule has 2 aliphatic rings. The van der Waals surface area contributed by atoms with E-state index >= 15 is 0 Å². The van der Waals surface area contributed by atoms with Gasteiger partial charge in [-0.2, -0.15) is 0 Å². The molecule has 1 saturated heterocycles. The number of nitrogens with zero attached hydrogens (tertiary/aromatic N) is 2. The van der Waals surface area contributed by atoms with Crippen LogP contribution >= 0.6 is 34.7 Å². The lowest BCUT2D eigenvalue weighted by molar-refractivity contribution is -0.122. The summed E-state index contributed by atoms with van der Waals surface area (Å²) in [6.45, 7) is -0.356. The van der Waals surface area contributed by atoms with E-state index in [0.717, 1.165) is 28.0 Å². The number of benzene rings is 3. The van der Waals surface area contributed by atoms with Gasteiger partial charge in [0.15, 0.2) is 0 Å². The number of carbonyl (C=O) groups is 3.